The number of amides is 2. The molecular formula is C43H46N8O. The molecular weight excluding hydrogens is 645 g/mol. The van der Waals surface area contributed by atoms with Gasteiger partial charge in [0.2, 0.25) is 5.82 Å². The zero-order valence-electron chi connectivity index (χ0n) is 30.2. The van der Waals surface area contributed by atoms with E-state index in [0.717, 1.165) is 72.2 Å². The first kappa shape index (κ1) is 33.6. The third-order valence-corrected chi connectivity index (χ3v) is 11.2. The lowest BCUT2D eigenvalue weighted by atomic mass is 9.75. The van der Waals surface area contributed by atoms with E-state index in [1.165, 1.54) is 6.42 Å². The fraction of sp³-hybridized carbons (Fsp3) is 0.326. The molecule has 1 N–H and O–H groups in total. The monoisotopic (exact) mass is 690 g/mol. The number of tetrazole rings is 1. The average Bonchev–Trinajstić information content (AvgIpc) is 3.84. The quantitative estimate of drug-likeness (QED) is 0.161. The average molecular weight is 691 g/mol. The van der Waals surface area contributed by atoms with Gasteiger partial charge in [-0.1, -0.05) is 118 Å². The molecule has 4 aromatic carbocycles. The van der Waals surface area contributed by atoms with Gasteiger partial charge in [-0.15, -0.1) is 15.0 Å². The molecule has 2 aromatic heterocycles. The molecule has 1 aliphatic carbocycles. The summed E-state index contributed by atoms with van der Waals surface area (Å²) in [4.78, 5) is 17.3. The molecule has 3 heterocycles. The van der Waals surface area contributed by atoms with Gasteiger partial charge in [0.25, 0.3) is 0 Å². The lowest BCUT2D eigenvalue weighted by Gasteiger charge is -2.38. The van der Waals surface area contributed by atoms with Gasteiger partial charge >= 0.3 is 6.03 Å². The van der Waals surface area contributed by atoms with Crippen molar-refractivity contribution in [1.82, 2.24) is 34.9 Å². The zero-order chi connectivity index (χ0) is 35.7. The molecule has 264 valence electrons. The Labute approximate surface area is 305 Å². The predicted molar refractivity (Wildman–Crippen MR) is 205 cm³/mol. The van der Waals surface area contributed by atoms with Gasteiger partial charge in [-0.25, -0.2) is 4.79 Å². The minimum atomic E-state index is -0.907. The molecule has 52 heavy (non-hydrogen) atoms. The first-order valence-corrected chi connectivity index (χ1v) is 18.5. The number of rotatable bonds is 8. The van der Waals surface area contributed by atoms with E-state index in [2.05, 4.69) is 73.4 Å². The normalized spacial score (nSPS) is 15.7. The molecule has 0 spiro atoms. The van der Waals surface area contributed by atoms with Gasteiger partial charge in [-0.2, -0.15) is 5.10 Å². The fourth-order valence-corrected chi connectivity index (χ4v) is 7.89. The molecule has 0 radical (unpaired) electrons. The van der Waals surface area contributed by atoms with Crippen LogP contribution >= 0.6 is 0 Å². The van der Waals surface area contributed by atoms with Crippen LogP contribution in [0.3, 0.4) is 0 Å². The van der Waals surface area contributed by atoms with E-state index in [-0.39, 0.29) is 11.4 Å². The van der Waals surface area contributed by atoms with Crippen LogP contribution in [0, 0.1) is 11.3 Å². The van der Waals surface area contributed by atoms with Crippen LogP contribution in [0.5, 0.6) is 0 Å². The van der Waals surface area contributed by atoms with E-state index in [0.29, 0.717) is 23.5 Å². The number of piperidine rings is 1. The molecule has 1 aliphatic heterocycles. The van der Waals surface area contributed by atoms with Gasteiger partial charge in [0.05, 0.1) is 12.2 Å². The highest BCUT2D eigenvalue weighted by Gasteiger charge is 2.41. The Bertz CT molecular complexity index is 2030. The second kappa shape index (κ2) is 13.9. The lowest BCUT2D eigenvalue weighted by Crippen LogP contribution is -2.43. The minimum Gasteiger partial charge on any atom is -0.325 e. The fourth-order valence-electron chi connectivity index (χ4n) is 7.89. The van der Waals surface area contributed by atoms with Gasteiger partial charge in [-0.3, -0.25) is 4.68 Å². The van der Waals surface area contributed by atoms with Crippen LogP contribution < -0.4 is 5.32 Å². The first-order valence-electron chi connectivity index (χ1n) is 18.5. The second-order valence-electron chi connectivity index (χ2n) is 15.3. The molecule has 8 rings (SSSR count). The Hall–Kier alpha value is -5.57. The predicted octanol–water partition coefficient (Wildman–Crippen LogP) is 9.06. The molecule has 1 saturated heterocycles. The Morgan fingerprint density at radius 1 is 0.750 bits per heavy atom. The number of likely N-dealkylation sites (tertiary alicyclic amines) is 1. The molecule has 1 saturated carbocycles. The van der Waals surface area contributed by atoms with E-state index in [1.54, 1.807) is 4.80 Å². The number of hydrogen-bond acceptors (Lipinski definition) is 5. The van der Waals surface area contributed by atoms with Crippen LogP contribution in [0.4, 0.5) is 10.5 Å². The summed E-state index contributed by atoms with van der Waals surface area (Å²) >= 11 is 0. The molecule has 9 heteroatoms. The van der Waals surface area contributed by atoms with Gasteiger partial charge < -0.3 is 10.2 Å². The maximum atomic E-state index is 13.6. The number of benzene rings is 4. The third-order valence-electron chi connectivity index (χ3n) is 11.2. The molecule has 0 bridgehead atoms. The van der Waals surface area contributed by atoms with E-state index in [9.17, 15) is 4.79 Å². The zero-order valence-corrected chi connectivity index (χ0v) is 30.2. The molecule has 0 unspecified atom stereocenters. The molecule has 2 amide bonds. The summed E-state index contributed by atoms with van der Waals surface area (Å²) in [5, 5.41) is 22.8. The number of urea groups is 1. The number of anilines is 1. The lowest BCUT2D eigenvalue weighted by molar-refractivity contribution is 0.128. The van der Waals surface area contributed by atoms with E-state index < -0.39 is 5.54 Å². The highest BCUT2D eigenvalue weighted by Crippen LogP contribution is 2.41. The van der Waals surface area contributed by atoms with Gasteiger partial charge in [0.15, 0.2) is 5.54 Å². The summed E-state index contributed by atoms with van der Waals surface area (Å²) in [5.74, 6) is 1.06. The summed E-state index contributed by atoms with van der Waals surface area (Å²) < 4.78 is 2.08. The van der Waals surface area contributed by atoms with E-state index in [4.69, 9.17) is 20.5 Å². The Morgan fingerprint density at radius 2 is 1.35 bits per heavy atom. The summed E-state index contributed by atoms with van der Waals surface area (Å²) in [5.41, 5.74) is 5.72. The Kier molecular flexibility index (Phi) is 8.95. The van der Waals surface area contributed by atoms with Crippen LogP contribution in [0.15, 0.2) is 122 Å². The number of nitrogens with one attached hydrogen (secondary N) is 1. The van der Waals surface area contributed by atoms with Gasteiger partial charge in [0, 0.05) is 36.1 Å². The van der Waals surface area contributed by atoms with Crippen molar-refractivity contribution in [2.24, 2.45) is 11.3 Å². The highest BCUT2D eigenvalue weighted by atomic mass is 16.2. The SMILES string of the molecule is CC(C)(C)C1CCN(C(=O)Nc2ccc(-c3cnn(C4CCC4)c3)c(-c3nnn(C(c4ccccc4)(c4ccccc4)c4ccccc4)n3)c2)CC1. The molecule has 6 aromatic rings. The third kappa shape index (κ3) is 6.29. The van der Waals surface area contributed by atoms with Crippen LogP contribution in [0.2, 0.25) is 0 Å². The maximum Gasteiger partial charge on any atom is 0.321 e. The summed E-state index contributed by atoms with van der Waals surface area (Å²) in [6.07, 6.45) is 9.56. The number of carbonyl (C=O) groups excluding carboxylic acids is 1. The largest absolute Gasteiger partial charge is 0.325 e. The number of nitrogens with zero attached hydrogens (tertiary/aromatic N) is 7. The topological polar surface area (TPSA) is 93.8 Å². The van der Waals surface area contributed by atoms with Crippen molar-refractivity contribution < 1.29 is 4.79 Å². The van der Waals surface area contributed by atoms with Crippen molar-refractivity contribution in [3.05, 3.63) is 138 Å². The Balaban J connectivity index is 1.21. The van der Waals surface area contributed by atoms with Crippen molar-refractivity contribution in [2.45, 2.75) is 64.5 Å². The smallest absolute Gasteiger partial charge is 0.321 e. The van der Waals surface area contributed by atoms with Gasteiger partial charge in [0.1, 0.15) is 0 Å². The van der Waals surface area contributed by atoms with Crippen molar-refractivity contribution in [3.8, 4) is 22.5 Å². The van der Waals surface area contributed by atoms with Crippen LogP contribution in [0.25, 0.3) is 22.5 Å². The summed E-state index contributed by atoms with van der Waals surface area (Å²) in [7, 11) is 0. The van der Waals surface area contributed by atoms with Crippen molar-refractivity contribution in [1.29, 1.82) is 0 Å². The number of aromatic nitrogens is 6. The molecule has 2 aliphatic rings. The Morgan fingerprint density at radius 3 is 1.88 bits per heavy atom. The number of hydrogen-bond donors (Lipinski definition) is 1. The van der Waals surface area contributed by atoms with Crippen LogP contribution in [-0.2, 0) is 5.54 Å². The number of carbonyl (C=O) groups is 1. The first-order chi connectivity index (χ1) is 25.3. The van der Waals surface area contributed by atoms with Gasteiger partial charge in [-0.05, 0) is 83.0 Å². The van der Waals surface area contributed by atoms with E-state index in [1.807, 2.05) is 83.9 Å². The summed E-state index contributed by atoms with van der Waals surface area (Å²) in [6.45, 7) is 8.37. The highest BCUT2D eigenvalue weighted by molar-refractivity contribution is 5.92. The molecule has 0 atom stereocenters. The molecule has 2 fully saturated rings. The summed E-state index contributed by atoms with van der Waals surface area (Å²) in [6, 6.07) is 37.3. The van der Waals surface area contributed by atoms with Crippen LogP contribution in [-0.4, -0.2) is 54.0 Å². The molecule has 9 nitrogen and oxygen atoms in total. The standard InChI is InChI=1S/C43H46N8O/c1-42(2,3)32-24-26-49(27-25-32)41(52)45-36-22-23-38(31-29-44-50(30-31)37-20-13-21-37)39(28-36)40-46-48-51(47-40)43(33-14-7-4-8-15-33,34-16-9-5-10-17-34)35-18-11-6-12-19-35/h4-12,14-19,22-23,28-30,32,37H,13,20-21,24-27H2,1-3H3,(H,45,52). The second-order valence-corrected chi connectivity index (χ2v) is 15.3. The van der Waals surface area contributed by atoms with Crippen molar-refractivity contribution in [3.63, 3.8) is 0 Å². The van der Waals surface area contributed by atoms with Crippen molar-refractivity contribution >= 4 is 11.7 Å². The maximum absolute atomic E-state index is 13.6. The minimum absolute atomic E-state index is 0.0864. The van der Waals surface area contributed by atoms with E-state index >= 15 is 0 Å². The van der Waals surface area contributed by atoms with Crippen LogP contribution in [0.1, 0.15) is 75.6 Å². The van der Waals surface area contributed by atoms with Crippen molar-refractivity contribution in [2.75, 3.05) is 18.4 Å².